The van der Waals surface area contributed by atoms with E-state index in [1.54, 1.807) is 12.1 Å². The third-order valence-corrected chi connectivity index (χ3v) is 3.50. The molecule has 2 N–H and O–H groups in total. The smallest absolute Gasteiger partial charge is 0.133 e. The maximum Gasteiger partial charge on any atom is 0.133 e. The third kappa shape index (κ3) is 2.37. The Labute approximate surface area is 103 Å². The van der Waals surface area contributed by atoms with Gasteiger partial charge in [0.15, 0.2) is 0 Å². The van der Waals surface area contributed by atoms with E-state index in [0.29, 0.717) is 11.5 Å². The highest BCUT2D eigenvalue weighted by atomic mass is 79.9. The third-order valence-electron chi connectivity index (χ3n) is 2.88. The number of halogens is 1. The summed E-state index contributed by atoms with van der Waals surface area (Å²) in [6.07, 6.45) is 2.34. The Morgan fingerprint density at radius 1 is 1.50 bits per heavy atom. The SMILES string of the molecule is N#Cc1ccc(OC2CC(CN)C2)c(Br)c1. The van der Waals surface area contributed by atoms with Crippen LogP contribution in [0.5, 0.6) is 5.75 Å². The van der Waals surface area contributed by atoms with E-state index < -0.39 is 0 Å². The van der Waals surface area contributed by atoms with Crippen LogP contribution in [-0.2, 0) is 0 Å². The molecule has 0 radical (unpaired) electrons. The molecule has 0 heterocycles. The van der Waals surface area contributed by atoms with E-state index in [9.17, 15) is 0 Å². The van der Waals surface area contributed by atoms with Crippen molar-refractivity contribution >= 4 is 15.9 Å². The molecule has 1 fully saturated rings. The van der Waals surface area contributed by atoms with Crippen LogP contribution in [0.15, 0.2) is 22.7 Å². The van der Waals surface area contributed by atoms with Crippen molar-refractivity contribution in [2.75, 3.05) is 6.54 Å². The van der Waals surface area contributed by atoms with Gasteiger partial charge in [0, 0.05) is 0 Å². The Hall–Kier alpha value is -1.05. The topological polar surface area (TPSA) is 59.0 Å². The van der Waals surface area contributed by atoms with Crippen molar-refractivity contribution in [3.8, 4) is 11.8 Å². The summed E-state index contributed by atoms with van der Waals surface area (Å²) in [6.45, 7) is 0.744. The van der Waals surface area contributed by atoms with Gasteiger partial charge in [0.05, 0.1) is 22.2 Å². The molecule has 4 heteroatoms. The number of nitrogens with zero attached hydrogens (tertiary/aromatic N) is 1. The minimum Gasteiger partial charge on any atom is -0.489 e. The summed E-state index contributed by atoms with van der Waals surface area (Å²) in [7, 11) is 0. The maximum atomic E-state index is 8.73. The summed E-state index contributed by atoms with van der Waals surface area (Å²) >= 11 is 3.40. The molecule has 0 atom stereocenters. The molecular weight excluding hydrogens is 268 g/mol. The van der Waals surface area contributed by atoms with Gasteiger partial charge < -0.3 is 10.5 Å². The molecule has 1 aliphatic carbocycles. The van der Waals surface area contributed by atoms with Crippen LogP contribution in [-0.4, -0.2) is 12.6 Å². The quantitative estimate of drug-likeness (QED) is 0.925. The molecule has 0 spiro atoms. The number of hydrogen-bond acceptors (Lipinski definition) is 3. The Kier molecular flexibility index (Phi) is 3.47. The number of rotatable bonds is 3. The van der Waals surface area contributed by atoms with Crippen LogP contribution >= 0.6 is 15.9 Å². The molecule has 1 aromatic rings. The normalized spacial score (nSPS) is 23.3. The van der Waals surface area contributed by atoms with E-state index in [1.807, 2.05) is 6.07 Å². The Bertz CT molecular complexity index is 422. The van der Waals surface area contributed by atoms with Crippen molar-refractivity contribution in [3.63, 3.8) is 0 Å². The Balaban J connectivity index is 1.98. The van der Waals surface area contributed by atoms with E-state index >= 15 is 0 Å². The second kappa shape index (κ2) is 4.86. The van der Waals surface area contributed by atoms with E-state index in [1.165, 1.54) is 0 Å². The zero-order valence-electron chi connectivity index (χ0n) is 8.82. The molecule has 1 aromatic carbocycles. The minimum atomic E-state index is 0.276. The van der Waals surface area contributed by atoms with Gasteiger partial charge >= 0.3 is 0 Å². The van der Waals surface area contributed by atoms with Gasteiger partial charge in [-0.05, 0) is 59.4 Å². The fraction of sp³-hybridized carbons (Fsp3) is 0.417. The van der Waals surface area contributed by atoms with E-state index in [0.717, 1.165) is 29.6 Å². The molecule has 1 aliphatic rings. The monoisotopic (exact) mass is 280 g/mol. The van der Waals surface area contributed by atoms with Crippen LogP contribution < -0.4 is 10.5 Å². The molecule has 0 bridgehead atoms. The first-order chi connectivity index (χ1) is 7.72. The molecule has 0 amide bonds. The van der Waals surface area contributed by atoms with Gasteiger partial charge in [-0.15, -0.1) is 0 Å². The maximum absolute atomic E-state index is 8.73. The Morgan fingerprint density at radius 3 is 2.81 bits per heavy atom. The highest BCUT2D eigenvalue weighted by Gasteiger charge is 2.29. The first-order valence-electron chi connectivity index (χ1n) is 5.29. The van der Waals surface area contributed by atoms with E-state index in [4.69, 9.17) is 15.7 Å². The molecule has 1 saturated carbocycles. The lowest BCUT2D eigenvalue weighted by atomic mass is 9.82. The molecule has 0 saturated heterocycles. The second-order valence-electron chi connectivity index (χ2n) is 4.07. The van der Waals surface area contributed by atoms with Crippen LogP contribution in [0.25, 0.3) is 0 Å². The number of nitrogens with two attached hydrogens (primary N) is 1. The molecular formula is C12H13BrN2O. The van der Waals surface area contributed by atoms with Crippen LogP contribution in [0.2, 0.25) is 0 Å². The van der Waals surface area contributed by atoms with Crippen LogP contribution in [0.3, 0.4) is 0 Å². The van der Waals surface area contributed by atoms with Gasteiger partial charge in [0.1, 0.15) is 5.75 Å². The summed E-state index contributed by atoms with van der Waals surface area (Å²) in [4.78, 5) is 0. The molecule has 0 aromatic heterocycles. The van der Waals surface area contributed by atoms with Crippen molar-refractivity contribution in [3.05, 3.63) is 28.2 Å². The van der Waals surface area contributed by atoms with Gasteiger partial charge in [-0.1, -0.05) is 0 Å². The lowest BCUT2D eigenvalue weighted by molar-refractivity contribution is 0.0683. The second-order valence-corrected chi connectivity index (χ2v) is 4.92. The zero-order chi connectivity index (χ0) is 11.5. The first-order valence-corrected chi connectivity index (χ1v) is 6.08. The minimum absolute atomic E-state index is 0.276. The van der Waals surface area contributed by atoms with Crippen molar-refractivity contribution in [1.29, 1.82) is 5.26 Å². The van der Waals surface area contributed by atoms with Crippen molar-refractivity contribution in [2.24, 2.45) is 11.7 Å². The lowest BCUT2D eigenvalue weighted by Gasteiger charge is -2.34. The first kappa shape index (κ1) is 11.4. The van der Waals surface area contributed by atoms with Crippen molar-refractivity contribution < 1.29 is 4.74 Å². The number of benzene rings is 1. The predicted octanol–water partition coefficient (Wildman–Crippen LogP) is 2.44. The average Bonchev–Trinajstić information content (AvgIpc) is 2.24. The molecule has 16 heavy (non-hydrogen) atoms. The fourth-order valence-electron chi connectivity index (χ4n) is 1.81. The molecule has 3 nitrogen and oxygen atoms in total. The summed E-state index contributed by atoms with van der Waals surface area (Å²) in [5, 5.41) is 8.73. The van der Waals surface area contributed by atoms with E-state index in [-0.39, 0.29) is 6.10 Å². The van der Waals surface area contributed by atoms with E-state index in [2.05, 4.69) is 22.0 Å². The van der Waals surface area contributed by atoms with Crippen LogP contribution in [0.4, 0.5) is 0 Å². The lowest BCUT2D eigenvalue weighted by Crippen LogP contribution is -2.37. The molecule has 84 valence electrons. The summed E-state index contributed by atoms with van der Waals surface area (Å²) in [6, 6.07) is 7.46. The molecule has 2 rings (SSSR count). The van der Waals surface area contributed by atoms with Gasteiger partial charge in [-0.3, -0.25) is 0 Å². The number of hydrogen-bond donors (Lipinski definition) is 1. The zero-order valence-corrected chi connectivity index (χ0v) is 10.4. The fourth-order valence-corrected chi connectivity index (χ4v) is 2.28. The van der Waals surface area contributed by atoms with Crippen LogP contribution in [0, 0.1) is 17.2 Å². The van der Waals surface area contributed by atoms with Gasteiger partial charge in [0.2, 0.25) is 0 Å². The highest BCUT2D eigenvalue weighted by Crippen LogP contribution is 2.34. The molecule has 0 aliphatic heterocycles. The standard InChI is InChI=1S/C12H13BrN2O/c13-11-5-8(6-14)1-2-12(11)16-10-3-9(4-10)7-15/h1-2,5,9-10H,3-4,7,15H2. The van der Waals surface area contributed by atoms with Crippen molar-refractivity contribution in [2.45, 2.75) is 18.9 Å². The average molecular weight is 281 g/mol. The number of nitriles is 1. The molecule has 0 unspecified atom stereocenters. The summed E-state index contributed by atoms with van der Waals surface area (Å²) < 4.78 is 6.64. The summed E-state index contributed by atoms with van der Waals surface area (Å²) in [5.41, 5.74) is 6.19. The van der Waals surface area contributed by atoms with Gasteiger partial charge in [-0.2, -0.15) is 5.26 Å². The predicted molar refractivity (Wildman–Crippen MR) is 65.1 cm³/mol. The largest absolute Gasteiger partial charge is 0.489 e. The van der Waals surface area contributed by atoms with Crippen LogP contribution in [0.1, 0.15) is 18.4 Å². The number of ether oxygens (including phenoxy) is 1. The summed E-state index contributed by atoms with van der Waals surface area (Å²) in [5.74, 6) is 1.42. The van der Waals surface area contributed by atoms with Crippen molar-refractivity contribution in [1.82, 2.24) is 0 Å². The van der Waals surface area contributed by atoms with Gasteiger partial charge in [-0.25, -0.2) is 0 Å². The van der Waals surface area contributed by atoms with Gasteiger partial charge in [0.25, 0.3) is 0 Å². The Morgan fingerprint density at radius 2 is 2.25 bits per heavy atom. The highest BCUT2D eigenvalue weighted by molar-refractivity contribution is 9.10.